The number of nitrogens with two attached hydrogens (primary N) is 2. The number of aliphatic hydroxyl groups is 4. The van der Waals surface area contributed by atoms with E-state index in [0.29, 0.717) is 0 Å². The number of primary amides is 1. The normalized spacial score (nSPS) is 31.6. The molecule has 10 N–H and O–H groups in total. The summed E-state index contributed by atoms with van der Waals surface area (Å²) in [7, 11) is -10.7. The SMILES string of the molecule is NC(=O)c1cncc([C@@H]2O[C@H](COP(=O)(O)OP(=O)(O)OC[C@H]3O[C@@H](n4cnc5c(N)ncnc54)[C@H](O)[C@@H]3O)[C@@H](O)[C@H]2O)c1. The predicted molar refractivity (Wildman–Crippen MR) is 141 cm³/mol. The third-order valence-electron chi connectivity index (χ3n) is 6.74. The molecule has 1 amide bonds. The molecule has 0 radical (unpaired) electrons. The smallest absolute Gasteiger partial charge is 0.387 e. The first-order valence-electron chi connectivity index (χ1n) is 12.5. The van der Waals surface area contributed by atoms with Gasteiger partial charge in [0.15, 0.2) is 17.7 Å². The van der Waals surface area contributed by atoms with Gasteiger partial charge in [-0.25, -0.2) is 24.1 Å². The number of nitrogen functional groups attached to an aromatic ring is 1. The van der Waals surface area contributed by atoms with E-state index in [1.807, 2.05) is 0 Å². The second-order valence-electron chi connectivity index (χ2n) is 9.69. The van der Waals surface area contributed by atoms with Crippen molar-refractivity contribution >= 4 is 38.5 Å². The molecule has 2 aliphatic heterocycles. The van der Waals surface area contributed by atoms with Crippen LogP contribution >= 0.6 is 15.6 Å². The number of aromatic nitrogens is 5. The fourth-order valence-corrected chi connectivity index (χ4v) is 6.67. The van der Waals surface area contributed by atoms with Crippen LogP contribution in [0.3, 0.4) is 0 Å². The van der Waals surface area contributed by atoms with E-state index in [9.17, 15) is 44.1 Å². The summed E-state index contributed by atoms with van der Waals surface area (Å²) >= 11 is 0. The lowest BCUT2D eigenvalue weighted by atomic mass is 10.0. The Hall–Kier alpha value is -3.01. The van der Waals surface area contributed by atoms with Crippen LogP contribution in [0, 0.1) is 0 Å². The van der Waals surface area contributed by atoms with Crippen molar-refractivity contribution in [3.05, 3.63) is 42.2 Å². The van der Waals surface area contributed by atoms with Crippen molar-refractivity contribution in [2.45, 2.75) is 49.0 Å². The molecule has 2 saturated heterocycles. The summed E-state index contributed by atoms with van der Waals surface area (Å²) in [5.74, 6) is -0.758. The molecule has 2 unspecified atom stereocenters. The summed E-state index contributed by atoms with van der Waals surface area (Å²) in [5, 5.41) is 41.6. The molecule has 0 aliphatic carbocycles. The van der Waals surface area contributed by atoms with Gasteiger partial charge in [-0.05, 0) is 6.07 Å². The van der Waals surface area contributed by atoms with Gasteiger partial charge >= 0.3 is 15.6 Å². The molecule has 5 heterocycles. The predicted octanol–water partition coefficient (Wildman–Crippen LogP) is -2.37. The van der Waals surface area contributed by atoms with Crippen LogP contribution in [0.15, 0.2) is 31.1 Å². The topological polar surface area (TPSA) is 327 Å². The van der Waals surface area contributed by atoms with Crippen molar-refractivity contribution in [3.8, 4) is 0 Å². The van der Waals surface area contributed by atoms with Crippen LogP contribution in [0.5, 0.6) is 0 Å². The highest BCUT2D eigenvalue weighted by Gasteiger charge is 2.48. The van der Waals surface area contributed by atoms with Crippen molar-refractivity contribution in [3.63, 3.8) is 0 Å². The Labute approximate surface area is 246 Å². The van der Waals surface area contributed by atoms with E-state index in [2.05, 4.69) is 28.8 Å². The molecule has 3 aromatic rings. The quantitative estimate of drug-likeness (QED) is 0.0994. The number of carbonyl (C=O) groups excluding carboxylic acids is 1. The molecule has 0 bridgehead atoms. The number of ether oxygens (including phenoxy) is 2. The van der Waals surface area contributed by atoms with E-state index in [0.717, 1.165) is 6.33 Å². The maximum Gasteiger partial charge on any atom is 0.481 e. The molecular weight excluding hydrogens is 636 g/mol. The number of fused-ring (bicyclic) bond motifs is 1. The Bertz CT molecular complexity index is 1630. The zero-order valence-corrected chi connectivity index (χ0v) is 23.9. The molecule has 240 valence electrons. The van der Waals surface area contributed by atoms with Gasteiger partial charge in [0.2, 0.25) is 5.91 Å². The number of phosphoric acid groups is 2. The van der Waals surface area contributed by atoms with Gasteiger partial charge in [-0.1, -0.05) is 0 Å². The van der Waals surface area contributed by atoms with Crippen molar-refractivity contribution in [2.75, 3.05) is 18.9 Å². The average Bonchev–Trinajstić information content (AvgIpc) is 3.61. The summed E-state index contributed by atoms with van der Waals surface area (Å²) in [6, 6.07) is 1.27. The summed E-state index contributed by atoms with van der Waals surface area (Å²) in [5.41, 5.74) is 11.5. The number of phosphoric ester groups is 2. The Morgan fingerprint density at radius 2 is 1.57 bits per heavy atom. The number of rotatable bonds is 11. The first-order valence-corrected chi connectivity index (χ1v) is 15.5. The Balaban J connectivity index is 1.16. The first-order chi connectivity index (χ1) is 20.7. The van der Waals surface area contributed by atoms with E-state index in [1.165, 1.54) is 29.4 Å². The molecule has 23 heteroatoms. The number of hydrogen-bond acceptors (Lipinski definition) is 17. The van der Waals surface area contributed by atoms with Crippen molar-refractivity contribution in [2.24, 2.45) is 5.73 Å². The van der Waals surface area contributed by atoms with Gasteiger partial charge in [0, 0.05) is 18.0 Å². The van der Waals surface area contributed by atoms with Gasteiger partial charge in [-0.2, -0.15) is 4.31 Å². The van der Waals surface area contributed by atoms with Crippen LogP contribution in [0.1, 0.15) is 28.3 Å². The molecule has 0 aromatic carbocycles. The Kier molecular flexibility index (Phi) is 9.13. The van der Waals surface area contributed by atoms with Crippen molar-refractivity contribution in [1.82, 2.24) is 24.5 Å². The molecule has 2 fully saturated rings. The van der Waals surface area contributed by atoms with Crippen molar-refractivity contribution in [1.29, 1.82) is 0 Å². The molecule has 2 aliphatic rings. The van der Waals surface area contributed by atoms with E-state index < -0.39 is 83.7 Å². The van der Waals surface area contributed by atoms with Crippen LogP contribution in [0.2, 0.25) is 0 Å². The largest absolute Gasteiger partial charge is 0.481 e. The molecule has 44 heavy (non-hydrogen) atoms. The lowest BCUT2D eigenvalue weighted by Gasteiger charge is -2.20. The molecule has 5 rings (SSSR count). The molecule has 0 spiro atoms. The van der Waals surface area contributed by atoms with Crippen molar-refractivity contribution < 1.29 is 67.0 Å². The number of amides is 1. The molecule has 3 aromatic heterocycles. The molecule has 10 atom stereocenters. The standard InChI is InChI=1S/C21H27N7O14P2/c22-18-12-20(26-6-25-18)28(7-27-12)21-16(32)14(30)11(41-21)5-39-44(36,37)42-43(34,35)38-4-10-13(29)15(31)17(40-10)8-1-9(19(23)33)3-24-2-8/h1-3,6-7,10-11,13-17,21,29-32H,4-5H2,(H2,23,33)(H,34,35)(H,36,37)(H2,22,25,26)/t10-,11-,13-,14-,15-,16-,17+,21-/m1/s1. The minimum atomic E-state index is -5.37. The Morgan fingerprint density at radius 3 is 2.23 bits per heavy atom. The van der Waals surface area contributed by atoms with E-state index >= 15 is 0 Å². The van der Waals surface area contributed by atoms with Gasteiger partial charge in [0.05, 0.1) is 25.1 Å². The first kappa shape index (κ1) is 32.4. The van der Waals surface area contributed by atoms with E-state index in [1.54, 1.807) is 0 Å². The summed E-state index contributed by atoms with van der Waals surface area (Å²) in [6.07, 6.45) is -7.10. The third-order valence-corrected chi connectivity index (χ3v) is 9.35. The number of nitrogens with zero attached hydrogens (tertiary/aromatic N) is 5. The van der Waals surface area contributed by atoms with Gasteiger partial charge < -0.3 is 51.2 Å². The molecule has 0 saturated carbocycles. The van der Waals surface area contributed by atoms with Gasteiger partial charge in [0.1, 0.15) is 54.6 Å². The van der Waals surface area contributed by atoms with Gasteiger partial charge in [-0.15, -0.1) is 0 Å². The highest BCUT2D eigenvalue weighted by Crippen LogP contribution is 2.60. The van der Waals surface area contributed by atoms with Crippen LogP contribution in [0.25, 0.3) is 11.2 Å². The maximum atomic E-state index is 12.4. The fourth-order valence-electron chi connectivity index (χ4n) is 4.58. The Morgan fingerprint density at radius 1 is 0.932 bits per heavy atom. The zero-order chi connectivity index (χ0) is 32.0. The minimum absolute atomic E-state index is 0.00466. The van der Waals surface area contributed by atoms with E-state index in [-0.39, 0.29) is 28.1 Å². The lowest BCUT2D eigenvalue weighted by molar-refractivity contribution is -0.0507. The molecule has 21 nitrogen and oxygen atoms in total. The van der Waals surface area contributed by atoms with Crippen LogP contribution in [0.4, 0.5) is 5.82 Å². The number of aliphatic hydroxyl groups excluding tert-OH is 4. The van der Waals surface area contributed by atoms with Gasteiger partial charge in [-0.3, -0.25) is 23.4 Å². The van der Waals surface area contributed by atoms with E-state index in [4.69, 9.17) is 25.5 Å². The lowest BCUT2D eigenvalue weighted by Crippen LogP contribution is -2.33. The number of anilines is 1. The van der Waals surface area contributed by atoms with Crippen LogP contribution < -0.4 is 11.5 Å². The average molecular weight is 663 g/mol. The second-order valence-corrected chi connectivity index (χ2v) is 12.7. The minimum Gasteiger partial charge on any atom is -0.387 e. The number of hydrogen-bond donors (Lipinski definition) is 8. The summed E-state index contributed by atoms with van der Waals surface area (Å²) in [6.45, 7) is -1.81. The number of imidazole rings is 1. The zero-order valence-electron chi connectivity index (χ0n) is 22.2. The van der Waals surface area contributed by atoms with Crippen LogP contribution in [-0.2, 0) is 32.0 Å². The second kappa shape index (κ2) is 12.4. The maximum absolute atomic E-state index is 12.4. The molecular formula is C21H27N7O14P2. The monoisotopic (exact) mass is 663 g/mol. The summed E-state index contributed by atoms with van der Waals surface area (Å²) < 4.78 is 50.8. The highest BCUT2D eigenvalue weighted by atomic mass is 31.3. The number of carbonyl (C=O) groups is 1. The number of pyridine rings is 1. The third kappa shape index (κ3) is 6.65. The van der Waals surface area contributed by atoms with Crippen LogP contribution in [-0.4, -0.2) is 110 Å². The fraction of sp³-hybridized carbons (Fsp3) is 0.476. The highest BCUT2D eigenvalue weighted by molar-refractivity contribution is 7.61. The van der Waals surface area contributed by atoms with Gasteiger partial charge in [0.25, 0.3) is 0 Å². The summed E-state index contributed by atoms with van der Waals surface area (Å²) in [4.78, 5) is 47.1.